The third kappa shape index (κ3) is 7.41. The molecule has 9 nitrogen and oxygen atoms in total. The molecule has 3 N–H and O–H groups in total. The molecule has 0 aliphatic carbocycles. The molecule has 1 amide bonds. The van der Waals surface area contributed by atoms with E-state index in [-0.39, 0.29) is 22.9 Å². The van der Waals surface area contributed by atoms with Gasteiger partial charge in [0.1, 0.15) is 6.33 Å². The number of aromatic nitrogens is 4. The molecule has 1 heterocycles. The molecular weight excluding hydrogens is 456 g/mol. The first-order valence-electron chi connectivity index (χ1n) is 10.7. The molecule has 1 atom stereocenters. The lowest BCUT2D eigenvalue weighted by Gasteiger charge is -2.27. The van der Waals surface area contributed by atoms with E-state index in [9.17, 15) is 9.59 Å². The topological polar surface area (TPSA) is 122 Å². The van der Waals surface area contributed by atoms with E-state index in [4.69, 9.17) is 16.7 Å². The lowest BCUT2D eigenvalue weighted by atomic mass is 9.88. The molecule has 34 heavy (non-hydrogen) atoms. The van der Waals surface area contributed by atoms with E-state index in [0.717, 1.165) is 12.1 Å². The van der Waals surface area contributed by atoms with Crippen LogP contribution in [0.25, 0.3) is 11.8 Å². The number of carboxylic acid groups (broad SMARTS) is 1. The van der Waals surface area contributed by atoms with E-state index in [1.807, 2.05) is 0 Å². The summed E-state index contributed by atoms with van der Waals surface area (Å²) >= 11 is 6.14. The van der Waals surface area contributed by atoms with E-state index < -0.39 is 5.97 Å². The number of rotatable bonds is 9. The minimum Gasteiger partial charge on any atom is -0.478 e. The van der Waals surface area contributed by atoms with Crippen LogP contribution in [0.3, 0.4) is 0 Å². The van der Waals surface area contributed by atoms with E-state index >= 15 is 0 Å². The molecule has 0 saturated carbocycles. The highest BCUT2D eigenvalue weighted by Crippen LogP contribution is 2.22. The molecule has 178 valence electrons. The highest BCUT2D eigenvalue weighted by Gasteiger charge is 2.20. The molecule has 0 aliphatic heterocycles. The molecule has 0 radical (unpaired) electrons. The number of amides is 1. The number of hydrogen-bond acceptors (Lipinski definition) is 6. The van der Waals surface area contributed by atoms with E-state index in [1.54, 1.807) is 36.4 Å². The van der Waals surface area contributed by atoms with Crippen molar-refractivity contribution in [2.24, 2.45) is 5.41 Å². The number of benzene rings is 2. The summed E-state index contributed by atoms with van der Waals surface area (Å²) in [7, 11) is 0. The SMILES string of the molecule is CC(C)(C)C[C@@H](CNc1ccc(C(=O)O)cc1)NC(=O)/C=C/c1cc(Cl)ccc1-n1cnnn1. The molecule has 2 aromatic carbocycles. The van der Waals surface area contributed by atoms with Crippen molar-refractivity contribution in [3.8, 4) is 5.69 Å². The Morgan fingerprint density at radius 2 is 1.91 bits per heavy atom. The van der Waals surface area contributed by atoms with Crippen LogP contribution in [0.1, 0.15) is 43.1 Å². The number of tetrazole rings is 1. The second-order valence-electron chi connectivity index (χ2n) is 9.02. The van der Waals surface area contributed by atoms with Gasteiger partial charge < -0.3 is 15.7 Å². The Morgan fingerprint density at radius 3 is 2.53 bits per heavy atom. The number of carbonyl (C=O) groups is 2. The van der Waals surface area contributed by atoms with Crippen LogP contribution in [-0.2, 0) is 4.79 Å². The highest BCUT2D eigenvalue weighted by atomic mass is 35.5. The van der Waals surface area contributed by atoms with Crippen LogP contribution in [0.2, 0.25) is 5.02 Å². The van der Waals surface area contributed by atoms with Gasteiger partial charge in [-0.1, -0.05) is 32.4 Å². The number of nitrogens with one attached hydrogen (secondary N) is 2. The van der Waals surface area contributed by atoms with Crippen molar-refractivity contribution < 1.29 is 14.7 Å². The van der Waals surface area contributed by atoms with Crippen molar-refractivity contribution in [3.05, 3.63) is 71.0 Å². The second-order valence-corrected chi connectivity index (χ2v) is 9.46. The predicted molar refractivity (Wildman–Crippen MR) is 131 cm³/mol. The van der Waals surface area contributed by atoms with Crippen LogP contribution in [-0.4, -0.2) is 49.8 Å². The maximum absolute atomic E-state index is 12.8. The number of nitrogens with zero attached hydrogens (tertiary/aromatic N) is 4. The quantitative estimate of drug-likeness (QED) is 0.393. The third-order valence-electron chi connectivity index (χ3n) is 4.89. The average Bonchev–Trinajstić information content (AvgIpc) is 3.30. The number of carbonyl (C=O) groups excluding carboxylic acids is 1. The zero-order valence-electron chi connectivity index (χ0n) is 19.2. The lowest BCUT2D eigenvalue weighted by molar-refractivity contribution is -0.117. The van der Waals surface area contributed by atoms with Crippen molar-refractivity contribution in [2.45, 2.75) is 33.2 Å². The van der Waals surface area contributed by atoms with Gasteiger partial charge in [-0.25, -0.2) is 4.79 Å². The number of halogens is 1. The molecule has 0 bridgehead atoms. The van der Waals surface area contributed by atoms with Gasteiger partial charge in [0.15, 0.2) is 0 Å². The van der Waals surface area contributed by atoms with E-state index in [2.05, 4.69) is 46.9 Å². The number of aromatic carboxylic acids is 1. The van der Waals surface area contributed by atoms with E-state index in [1.165, 1.54) is 29.2 Å². The third-order valence-corrected chi connectivity index (χ3v) is 5.12. The van der Waals surface area contributed by atoms with Gasteiger partial charge in [0.2, 0.25) is 5.91 Å². The Labute approximate surface area is 202 Å². The first-order chi connectivity index (χ1) is 16.1. The normalized spacial score (nSPS) is 12.5. The fourth-order valence-electron chi connectivity index (χ4n) is 3.44. The highest BCUT2D eigenvalue weighted by molar-refractivity contribution is 6.30. The summed E-state index contributed by atoms with van der Waals surface area (Å²) < 4.78 is 1.50. The Hall–Kier alpha value is -3.72. The van der Waals surface area contributed by atoms with Gasteiger partial charge in [-0.05, 0) is 70.8 Å². The zero-order chi connectivity index (χ0) is 24.7. The zero-order valence-corrected chi connectivity index (χ0v) is 20.0. The standard InChI is InChI=1S/C24H27ClN6O3/c1-24(2,3)13-20(14-26-19-8-4-16(5-9-19)23(33)34)28-22(32)11-6-17-12-18(25)7-10-21(17)31-15-27-29-30-31/h4-12,15,20,26H,13-14H2,1-3H3,(H,28,32)(H,33,34)/b11-6+/t20-/m0/s1. The summed E-state index contributed by atoms with van der Waals surface area (Å²) in [6.07, 6.45) is 5.33. The Bertz CT molecular complexity index is 1150. The first-order valence-corrected chi connectivity index (χ1v) is 11.1. The Kier molecular flexibility index (Phi) is 8.01. The Balaban J connectivity index is 1.69. The molecule has 10 heteroatoms. The van der Waals surface area contributed by atoms with Crippen LogP contribution in [0.15, 0.2) is 54.9 Å². The van der Waals surface area contributed by atoms with Gasteiger partial charge in [0, 0.05) is 34.9 Å². The van der Waals surface area contributed by atoms with Crippen LogP contribution in [0.5, 0.6) is 0 Å². The van der Waals surface area contributed by atoms with Gasteiger partial charge in [-0.2, -0.15) is 4.68 Å². The minimum atomic E-state index is -0.973. The van der Waals surface area contributed by atoms with Crippen LogP contribution >= 0.6 is 11.6 Å². The van der Waals surface area contributed by atoms with Crippen LogP contribution in [0.4, 0.5) is 5.69 Å². The van der Waals surface area contributed by atoms with Gasteiger partial charge in [0.05, 0.1) is 11.3 Å². The fraction of sp³-hybridized carbons (Fsp3) is 0.292. The maximum Gasteiger partial charge on any atom is 0.335 e. The molecule has 1 aromatic heterocycles. The van der Waals surface area contributed by atoms with Crippen molar-refractivity contribution in [1.29, 1.82) is 0 Å². The van der Waals surface area contributed by atoms with Gasteiger partial charge in [0.25, 0.3) is 0 Å². The lowest BCUT2D eigenvalue weighted by Crippen LogP contribution is -2.41. The molecule has 0 fully saturated rings. The monoisotopic (exact) mass is 482 g/mol. The first kappa shape index (κ1) is 24.9. The second kappa shape index (κ2) is 10.9. The maximum atomic E-state index is 12.8. The van der Waals surface area contributed by atoms with Crippen molar-refractivity contribution in [3.63, 3.8) is 0 Å². The molecule has 0 spiro atoms. The van der Waals surface area contributed by atoms with Crippen molar-refractivity contribution in [2.75, 3.05) is 11.9 Å². The molecular formula is C24H27ClN6O3. The number of hydrogen-bond donors (Lipinski definition) is 3. The van der Waals surface area contributed by atoms with Crippen LogP contribution < -0.4 is 10.6 Å². The van der Waals surface area contributed by atoms with E-state index in [0.29, 0.717) is 22.8 Å². The van der Waals surface area contributed by atoms with Gasteiger partial charge in [-0.3, -0.25) is 4.79 Å². The smallest absolute Gasteiger partial charge is 0.335 e. The Morgan fingerprint density at radius 1 is 1.18 bits per heavy atom. The summed E-state index contributed by atoms with van der Waals surface area (Å²) in [6, 6.07) is 11.6. The molecule has 3 aromatic rings. The minimum absolute atomic E-state index is 0.0171. The summed E-state index contributed by atoms with van der Waals surface area (Å²) in [5, 5.41) is 27.1. The van der Waals surface area contributed by atoms with Crippen LogP contribution in [0, 0.1) is 5.41 Å². The number of carboxylic acids is 1. The molecule has 3 rings (SSSR count). The average molecular weight is 483 g/mol. The fourth-order valence-corrected chi connectivity index (χ4v) is 3.62. The molecule has 0 unspecified atom stereocenters. The summed E-state index contributed by atoms with van der Waals surface area (Å²) in [4.78, 5) is 23.8. The van der Waals surface area contributed by atoms with Gasteiger partial charge in [-0.15, -0.1) is 5.10 Å². The number of anilines is 1. The summed E-state index contributed by atoms with van der Waals surface area (Å²) in [5.74, 6) is -1.22. The summed E-state index contributed by atoms with van der Waals surface area (Å²) in [5.41, 5.74) is 2.36. The summed E-state index contributed by atoms with van der Waals surface area (Å²) in [6.45, 7) is 6.80. The van der Waals surface area contributed by atoms with Gasteiger partial charge >= 0.3 is 5.97 Å². The van der Waals surface area contributed by atoms with Crippen molar-refractivity contribution >= 4 is 35.2 Å². The predicted octanol–water partition coefficient (Wildman–Crippen LogP) is 4.06. The van der Waals surface area contributed by atoms with Crippen molar-refractivity contribution in [1.82, 2.24) is 25.5 Å². The largest absolute Gasteiger partial charge is 0.478 e. The molecule has 0 saturated heterocycles. The molecule has 0 aliphatic rings.